The lowest BCUT2D eigenvalue weighted by Gasteiger charge is -2.31. The minimum atomic E-state index is 0.134. The van der Waals surface area contributed by atoms with Crippen molar-refractivity contribution in [1.29, 1.82) is 0 Å². The average molecular weight is 375 g/mol. The maximum atomic E-state index is 12.8. The number of rotatable bonds is 4. The second-order valence-electron chi connectivity index (χ2n) is 7.69. The van der Waals surface area contributed by atoms with Gasteiger partial charge in [-0.05, 0) is 44.7 Å². The highest BCUT2D eigenvalue weighted by Gasteiger charge is 2.25. The zero-order chi connectivity index (χ0) is 19.5. The van der Waals surface area contributed by atoms with Crippen molar-refractivity contribution < 1.29 is 9.32 Å². The van der Waals surface area contributed by atoms with Crippen LogP contribution < -0.4 is 0 Å². The van der Waals surface area contributed by atoms with Crippen molar-refractivity contribution in [2.24, 2.45) is 5.92 Å². The van der Waals surface area contributed by atoms with E-state index >= 15 is 0 Å². The Morgan fingerprint density at radius 1 is 1.07 bits per heavy atom. The lowest BCUT2D eigenvalue weighted by Crippen LogP contribution is -2.39. The van der Waals surface area contributed by atoms with Crippen molar-refractivity contribution in [3.05, 3.63) is 71.1 Å². The molecule has 1 saturated heterocycles. The molecule has 1 amide bonds. The van der Waals surface area contributed by atoms with E-state index in [1.807, 2.05) is 61.2 Å². The summed E-state index contributed by atoms with van der Waals surface area (Å²) in [7, 11) is 0. The normalized spacial score (nSPS) is 15.0. The lowest BCUT2D eigenvalue weighted by atomic mass is 9.93. The summed E-state index contributed by atoms with van der Waals surface area (Å²) < 4.78 is 5.45. The number of likely N-dealkylation sites (tertiary alicyclic amines) is 1. The maximum absolute atomic E-state index is 12.8. The number of benzene rings is 2. The number of aromatic nitrogens is 2. The fourth-order valence-electron chi connectivity index (χ4n) is 3.91. The number of aryl methyl sites for hydroxylation is 2. The molecular weight excluding hydrogens is 350 g/mol. The van der Waals surface area contributed by atoms with Crippen molar-refractivity contribution in [1.82, 2.24) is 15.0 Å². The van der Waals surface area contributed by atoms with Crippen LogP contribution in [0.15, 0.2) is 53.1 Å². The van der Waals surface area contributed by atoms with Crippen LogP contribution in [0.1, 0.15) is 40.2 Å². The van der Waals surface area contributed by atoms with E-state index in [-0.39, 0.29) is 5.91 Å². The molecule has 1 aromatic heterocycles. The zero-order valence-electron chi connectivity index (χ0n) is 16.4. The molecule has 0 saturated carbocycles. The number of amides is 1. The Morgan fingerprint density at radius 3 is 2.43 bits per heavy atom. The number of piperidine rings is 1. The first kappa shape index (κ1) is 18.4. The number of hydrogen-bond acceptors (Lipinski definition) is 4. The van der Waals surface area contributed by atoms with Gasteiger partial charge < -0.3 is 9.42 Å². The Labute approximate surface area is 165 Å². The first-order valence-electron chi connectivity index (χ1n) is 9.84. The van der Waals surface area contributed by atoms with E-state index in [2.05, 4.69) is 16.2 Å². The van der Waals surface area contributed by atoms with Crippen LogP contribution in [0.5, 0.6) is 0 Å². The van der Waals surface area contributed by atoms with Crippen molar-refractivity contribution >= 4 is 5.91 Å². The van der Waals surface area contributed by atoms with Crippen LogP contribution in [0, 0.1) is 19.8 Å². The van der Waals surface area contributed by atoms with Crippen molar-refractivity contribution in [3.8, 4) is 11.4 Å². The van der Waals surface area contributed by atoms with Gasteiger partial charge in [0.05, 0.1) is 0 Å². The summed E-state index contributed by atoms with van der Waals surface area (Å²) in [6, 6.07) is 15.9. The summed E-state index contributed by atoms with van der Waals surface area (Å²) in [5, 5.41) is 4.10. The highest BCUT2D eigenvalue weighted by molar-refractivity contribution is 5.94. The van der Waals surface area contributed by atoms with Gasteiger partial charge in [0.2, 0.25) is 11.7 Å². The van der Waals surface area contributed by atoms with Crippen LogP contribution in [0.2, 0.25) is 0 Å². The standard InChI is InChI=1S/C23H25N3O2/c1-16-12-17(2)14-20(13-16)23(27)26-10-8-18(9-11-26)15-21-24-22(25-28-21)19-6-4-3-5-7-19/h3-7,12-14,18H,8-11,15H2,1-2H3. The van der Waals surface area contributed by atoms with E-state index in [0.29, 0.717) is 17.6 Å². The first-order valence-corrected chi connectivity index (χ1v) is 9.84. The van der Waals surface area contributed by atoms with E-state index in [1.165, 1.54) is 0 Å². The summed E-state index contributed by atoms with van der Waals surface area (Å²) in [6.45, 7) is 5.61. The fraction of sp³-hybridized carbons (Fsp3) is 0.348. The molecule has 2 heterocycles. The largest absolute Gasteiger partial charge is 0.339 e. The second-order valence-corrected chi connectivity index (χ2v) is 7.69. The minimum Gasteiger partial charge on any atom is -0.339 e. The first-order chi connectivity index (χ1) is 13.6. The molecule has 0 bridgehead atoms. The van der Waals surface area contributed by atoms with Crippen molar-refractivity contribution in [2.45, 2.75) is 33.1 Å². The molecule has 1 fully saturated rings. The molecule has 2 aromatic carbocycles. The molecule has 1 aliphatic rings. The van der Waals surface area contributed by atoms with E-state index in [1.54, 1.807) is 0 Å². The Morgan fingerprint density at radius 2 is 1.75 bits per heavy atom. The van der Waals surface area contributed by atoms with Gasteiger partial charge in [-0.15, -0.1) is 0 Å². The molecule has 0 aliphatic carbocycles. The molecule has 0 spiro atoms. The highest BCUT2D eigenvalue weighted by Crippen LogP contribution is 2.24. The summed E-state index contributed by atoms with van der Waals surface area (Å²) in [5.41, 5.74) is 4.01. The van der Waals surface area contributed by atoms with Crippen LogP contribution in [-0.4, -0.2) is 34.0 Å². The summed E-state index contributed by atoms with van der Waals surface area (Å²) >= 11 is 0. The number of nitrogens with zero attached hydrogens (tertiary/aromatic N) is 3. The van der Waals surface area contributed by atoms with E-state index in [9.17, 15) is 4.79 Å². The highest BCUT2D eigenvalue weighted by atomic mass is 16.5. The topological polar surface area (TPSA) is 59.2 Å². The van der Waals surface area contributed by atoms with E-state index in [4.69, 9.17) is 4.52 Å². The number of carbonyl (C=O) groups excluding carboxylic acids is 1. The van der Waals surface area contributed by atoms with E-state index < -0.39 is 0 Å². The van der Waals surface area contributed by atoms with Gasteiger partial charge in [-0.25, -0.2) is 0 Å². The Bertz CT molecular complexity index is 937. The third-order valence-corrected chi connectivity index (χ3v) is 5.33. The Balaban J connectivity index is 1.34. The second kappa shape index (κ2) is 7.97. The Kier molecular flexibility index (Phi) is 5.24. The van der Waals surface area contributed by atoms with Gasteiger partial charge in [-0.3, -0.25) is 4.79 Å². The quantitative estimate of drug-likeness (QED) is 0.676. The summed E-state index contributed by atoms with van der Waals surface area (Å²) in [6.07, 6.45) is 2.69. The third-order valence-electron chi connectivity index (χ3n) is 5.33. The van der Waals surface area contributed by atoms with Crippen molar-refractivity contribution in [3.63, 3.8) is 0 Å². The molecule has 0 radical (unpaired) electrons. The minimum absolute atomic E-state index is 0.134. The molecule has 0 N–H and O–H groups in total. The van der Waals surface area contributed by atoms with Gasteiger partial charge in [-0.2, -0.15) is 4.98 Å². The van der Waals surface area contributed by atoms with Gasteiger partial charge in [0.15, 0.2) is 0 Å². The Hall–Kier alpha value is -2.95. The van der Waals surface area contributed by atoms with Crippen LogP contribution in [0.4, 0.5) is 0 Å². The van der Waals surface area contributed by atoms with Crippen molar-refractivity contribution in [2.75, 3.05) is 13.1 Å². The van der Waals surface area contributed by atoms with Gasteiger partial charge in [0.1, 0.15) is 0 Å². The van der Waals surface area contributed by atoms with Crippen LogP contribution in [-0.2, 0) is 6.42 Å². The fourth-order valence-corrected chi connectivity index (χ4v) is 3.91. The molecule has 5 heteroatoms. The average Bonchev–Trinajstić information content (AvgIpc) is 3.16. The monoisotopic (exact) mass is 375 g/mol. The molecule has 28 heavy (non-hydrogen) atoms. The SMILES string of the molecule is Cc1cc(C)cc(C(=O)N2CCC(Cc3nc(-c4ccccc4)no3)CC2)c1. The lowest BCUT2D eigenvalue weighted by molar-refractivity contribution is 0.0687. The number of carbonyl (C=O) groups is 1. The van der Waals surface area contributed by atoms with Gasteiger partial charge in [0.25, 0.3) is 5.91 Å². The van der Waals surface area contributed by atoms with Gasteiger partial charge in [-0.1, -0.05) is 52.7 Å². The predicted molar refractivity (Wildman–Crippen MR) is 108 cm³/mol. The zero-order valence-corrected chi connectivity index (χ0v) is 16.4. The molecular formula is C23H25N3O2. The van der Waals surface area contributed by atoms with Crippen LogP contribution in [0.3, 0.4) is 0 Å². The van der Waals surface area contributed by atoms with Gasteiger partial charge in [0, 0.05) is 30.6 Å². The summed E-state index contributed by atoms with van der Waals surface area (Å²) in [5.74, 6) is 1.91. The molecule has 0 atom stereocenters. The van der Waals surface area contributed by atoms with Gasteiger partial charge >= 0.3 is 0 Å². The molecule has 0 unspecified atom stereocenters. The van der Waals surface area contributed by atoms with E-state index in [0.717, 1.165) is 54.6 Å². The molecule has 144 valence electrons. The number of hydrogen-bond donors (Lipinski definition) is 0. The molecule has 4 rings (SSSR count). The maximum Gasteiger partial charge on any atom is 0.253 e. The van der Waals surface area contributed by atoms with Crippen LogP contribution >= 0.6 is 0 Å². The molecule has 5 nitrogen and oxygen atoms in total. The summed E-state index contributed by atoms with van der Waals surface area (Å²) in [4.78, 5) is 19.3. The smallest absolute Gasteiger partial charge is 0.253 e. The third kappa shape index (κ3) is 4.14. The van der Waals surface area contributed by atoms with Crippen LogP contribution in [0.25, 0.3) is 11.4 Å². The molecule has 3 aromatic rings. The predicted octanol–water partition coefficient (Wildman–Crippen LogP) is 4.45. The molecule has 1 aliphatic heterocycles.